The number of nitrogens with one attached hydrogen (secondary N) is 1. The van der Waals surface area contributed by atoms with Gasteiger partial charge in [-0.05, 0) is 23.6 Å². The highest BCUT2D eigenvalue weighted by atomic mass is 32.1. The minimum Gasteiger partial charge on any atom is -0.484 e. The van der Waals surface area contributed by atoms with Gasteiger partial charge in [0.2, 0.25) is 6.79 Å². The van der Waals surface area contributed by atoms with Crippen molar-refractivity contribution in [1.82, 2.24) is 5.43 Å². The number of hydrogen-bond donors (Lipinski definition) is 1. The Balaban J connectivity index is 1.47. The number of amides is 1. The first kappa shape index (κ1) is 13.4. The Kier molecular flexibility index (Phi) is 4.02. The fraction of sp³-hybridized carbons (Fsp3) is 0.143. The summed E-state index contributed by atoms with van der Waals surface area (Å²) < 4.78 is 15.8. The molecular weight excluding hydrogens is 292 g/mol. The number of nitrogens with zero attached hydrogens (tertiary/aromatic N) is 1. The van der Waals surface area contributed by atoms with E-state index < -0.39 is 0 Å². The maximum Gasteiger partial charge on any atom is 0.277 e. The predicted octanol–water partition coefficient (Wildman–Crippen LogP) is 2.01. The Morgan fingerprint density at radius 3 is 3.14 bits per heavy atom. The number of thiophene rings is 1. The summed E-state index contributed by atoms with van der Waals surface area (Å²) in [6.07, 6.45) is 1.59. The van der Waals surface area contributed by atoms with Gasteiger partial charge in [-0.2, -0.15) is 5.10 Å². The molecule has 0 bridgehead atoms. The van der Waals surface area contributed by atoms with Gasteiger partial charge in [-0.3, -0.25) is 4.79 Å². The van der Waals surface area contributed by atoms with Crippen molar-refractivity contribution < 1.29 is 19.0 Å². The van der Waals surface area contributed by atoms with E-state index in [-0.39, 0.29) is 19.3 Å². The Morgan fingerprint density at radius 2 is 2.29 bits per heavy atom. The Hall–Kier alpha value is -2.54. The highest BCUT2D eigenvalue weighted by Crippen LogP contribution is 2.34. The van der Waals surface area contributed by atoms with Gasteiger partial charge in [0.1, 0.15) is 5.75 Å². The topological polar surface area (TPSA) is 69.2 Å². The van der Waals surface area contributed by atoms with Gasteiger partial charge in [-0.1, -0.05) is 6.07 Å². The van der Waals surface area contributed by atoms with E-state index in [2.05, 4.69) is 10.5 Å². The van der Waals surface area contributed by atoms with Gasteiger partial charge in [0.25, 0.3) is 5.91 Å². The van der Waals surface area contributed by atoms with Crippen molar-refractivity contribution in [2.75, 3.05) is 13.4 Å². The molecule has 3 rings (SSSR count). The van der Waals surface area contributed by atoms with Crippen LogP contribution in [0.15, 0.2) is 40.8 Å². The molecule has 1 amide bonds. The van der Waals surface area contributed by atoms with Crippen LogP contribution in [0, 0.1) is 0 Å². The average molecular weight is 304 g/mol. The number of benzene rings is 1. The van der Waals surface area contributed by atoms with Crippen LogP contribution in [0.25, 0.3) is 0 Å². The largest absolute Gasteiger partial charge is 0.484 e. The number of ether oxygens (including phenoxy) is 3. The molecule has 6 nitrogen and oxygen atoms in total. The number of hydrazone groups is 1. The molecule has 7 heteroatoms. The van der Waals surface area contributed by atoms with Crippen LogP contribution in [0.4, 0.5) is 0 Å². The molecule has 1 aromatic carbocycles. The first-order chi connectivity index (χ1) is 10.3. The van der Waals surface area contributed by atoms with E-state index in [9.17, 15) is 4.79 Å². The minimum atomic E-state index is -0.333. The summed E-state index contributed by atoms with van der Waals surface area (Å²) in [6, 6.07) is 8.96. The van der Waals surface area contributed by atoms with Crippen molar-refractivity contribution in [3.8, 4) is 17.2 Å². The zero-order chi connectivity index (χ0) is 14.5. The summed E-state index contributed by atoms with van der Waals surface area (Å²) in [7, 11) is 0. The monoisotopic (exact) mass is 304 g/mol. The van der Waals surface area contributed by atoms with Crippen molar-refractivity contribution >= 4 is 23.5 Å². The summed E-state index contributed by atoms with van der Waals surface area (Å²) in [5.74, 6) is 1.49. The lowest BCUT2D eigenvalue weighted by molar-refractivity contribution is -0.123. The second kappa shape index (κ2) is 6.27. The minimum absolute atomic E-state index is 0.124. The quantitative estimate of drug-likeness (QED) is 0.677. The summed E-state index contributed by atoms with van der Waals surface area (Å²) in [5.41, 5.74) is 2.40. The van der Waals surface area contributed by atoms with Gasteiger partial charge in [-0.25, -0.2) is 5.43 Å². The van der Waals surface area contributed by atoms with Gasteiger partial charge < -0.3 is 14.2 Å². The third kappa shape index (κ3) is 3.51. The van der Waals surface area contributed by atoms with E-state index in [0.717, 1.165) is 4.88 Å². The first-order valence-corrected chi connectivity index (χ1v) is 7.07. The lowest BCUT2D eigenvalue weighted by Crippen LogP contribution is -2.24. The Bertz CT molecular complexity index is 655. The van der Waals surface area contributed by atoms with Gasteiger partial charge in [0.15, 0.2) is 18.1 Å². The van der Waals surface area contributed by atoms with Crippen LogP contribution in [0.1, 0.15) is 4.88 Å². The standard InChI is InChI=1S/C14H12N2O4S/c17-14(16-15-7-11-2-1-5-21-11)8-18-10-3-4-12-13(6-10)20-9-19-12/h1-7H,8-9H2,(H,16,17)/b15-7+. The first-order valence-electron chi connectivity index (χ1n) is 6.19. The van der Waals surface area contributed by atoms with Crippen LogP contribution in [0.2, 0.25) is 0 Å². The summed E-state index contributed by atoms with van der Waals surface area (Å²) in [5, 5.41) is 5.78. The van der Waals surface area contributed by atoms with Crippen molar-refractivity contribution in [2.24, 2.45) is 5.10 Å². The SMILES string of the molecule is O=C(COc1ccc2c(c1)OCO2)N/N=C/c1cccs1. The fourth-order valence-corrected chi connectivity index (χ4v) is 2.27. The van der Waals surface area contributed by atoms with Crippen LogP contribution in [0.5, 0.6) is 17.2 Å². The van der Waals surface area contributed by atoms with Gasteiger partial charge in [-0.15, -0.1) is 11.3 Å². The molecule has 1 aliphatic rings. The molecule has 0 saturated carbocycles. The summed E-state index contributed by atoms with van der Waals surface area (Å²) in [4.78, 5) is 12.5. The molecule has 0 atom stereocenters. The molecule has 2 heterocycles. The summed E-state index contributed by atoms with van der Waals surface area (Å²) in [6.45, 7) is 0.0815. The molecule has 0 aliphatic carbocycles. The zero-order valence-corrected chi connectivity index (χ0v) is 11.8. The van der Waals surface area contributed by atoms with Gasteiger partial charge in [0.05, 0.1) is 6.21 Å². The van der Waals surface area contributed by atoms with E-state index in [1.54, 1.807) is 24.4 Å². The van der Waals surface area contributed by atoms with Crippen LogP contribution < -0.4 is 19.6 Å². The zero-order valence-electron chi connectivity index (χ0n) is 10.9. The summed E-state index contributed by atoms with van der Waals surface area (Å²) >= 11 is 1.54. The normalized spacial score (nSPS) is 12.6. The second-order valence-electron chi connectivity index (χ2n) is 4.11. The van der Waals surface area contributed by atoms with E-state index in [4.69, 9.17) is 14.2 Å². The van der Waals surface area contributed by atoms with Crippen molar-refractivity contribution in [1.29, 1.82) is 0 Å². The Labute approximate surface area is 125 Å². The number of fused-ring (bicyclic) bond motifs is 1. The second-order valence-corrected chi connectivity index (χ2v) is 5.09. The van der Waals surface area contributed by atoms with E-state index in [0.29, 0.717) is 17.2 Å². The van der Waals surface area contributed by atoms with Gasteiger partial charge >= 0.3 is 0 Å². The molecule has 0 radical (unpaired) electrons. The van der Waals surface area contributed by atoms with Crippen molar-refractivity contribution in [2.45, 2.75) is 0 Å². The Morgan fingerprint density at radius 1 is 1.38 bits per heavy atom. The molecule has 0 fully saturated rings. The molecule has 1 aliphatic heterocycles. The molecule has 0 spiro atoms. The third-order valence-corrected chi connectivity index (χ3v) is 3.45. The molecule has 108 valence electrons. The molecule has 21 heavy (non-hydrogen) atoms. The van der Waals surface area contributed by atoms with Crippen LogP contribution >= 0.6 is 11.3 Å². The van der Waals surface area contributed by atoms with Gasteiger partial charge in [0, 0.05) is 10.9 Å². The molecule has 1 N–H and O–H groups in total. The molecular formula is C14H12N2O4S. The van der Waals surface area contributed by atoms with Crippen molar-refractivity contribution in [3.63, 3.8) is 0 Å². The van der Waals surface area contributed by atoms with Crippen molar-refractivity contribution in [3.05, 3.63) is 40.6 Å². The van der Waals surface area contributed by atoms with Crippen LogP contribution in [-0.4, -0.2) is 25.5 Å². The molecule has 0 unspecified atom stereocenters. The number of carbonyl (C=O) groups excluding carboxylic acids is 1. The van der Waals surface area contributed by atoms with E-state index >= 15 is 0 Å². The van der Waals surface area contributed by atoms with Crippen LogP contribution in [-0.2, 0) is 4.79 Å². The smallest absolute Gasteiger partial charge is 0.277 e. The lowest BCUT2D eigenvalue weighted by atomic mass is 10.3. The highest BCUT2D eigenvalue weighted by Gasteiger charge is 2.14. The molecule has 0 saturated heterocycles. The lowest BCUT2D eigenvalue weighted by Gasteiger charge is -2.05. The third-order valence-electron chi connectivity index (χ3n) is 2.64. The predicted molar refractivity (Wildman–Crippen MR) is 78.1 cm³/mol. The van der Waals surface area contributed by atoms with Crippen LogP contribution in [0.3, 0.4) is 0 Å². The number of hydrogen-bond acceptors (Lipinski definition) is 6. The highest BCUT2D eigenvalue weighted by molar-refractivity contribution is 7.11. The van der Waals surface area contributed by atoms with E-state index in [1.807, 2.05) is 17.5 Å². The number of carbonyl (C=O) groups is 1. The number of rotatable bonds is 5. The molecule has 2 aromatic rings. The fourth-order valence-electron chi connectivity index (χ4n) is 1.68. The maximum atomic E-state index is 11.6. The maximum absolute atomic E-state index is 11.6. The average Bonchev–Trinajstić information content (AvgIpc) is 3.15. The molecule has 1 aromatic heterocycles. The van der Waals surface area contributed by atoms with E-state index in [1.165, 1.54) is 11.3 Å².